The van der Waals surface area contributed by atoms with Crippen molar-refractivity contribution < 1.29 is 9.23 Å². The standard InChI is InChI=1S/C17H14FN4O/c1-11-4-3-5-15(16(11)18)13-6-12(7-19)17(20-8-13)22-9-14(10-22)21-23-2/h3-6,8H,1,9-10H2,2H3. The maximum atomic E-state index is 14.2. The van der Waals surface area contributed by atoms with Gasteiger partial charge in [0.1, 0.15) is 24.8 Å². The topological polar surface area (TPSA) is 61.5 Å². The Bertz CT molecular complexity index is 818. The molecule has 0 atom stereocenters. The molecule has 1 saturated heterocycles. The summed E-state index contributed by atoms with van der Waals surface area (Å²) in [5.41, 5.74) is 2.54. The zero-order valence-corrected chi connectivity index (χ0v) is 12.6. The summed E-state index contributed by atoms with van der Waals surface area (Å²) in [4.78, 5) is 11.0. The molecular weight excluding hydrogens is 295 g/mol. The van der Waals surface area contributed by atoms with Gasteiger partial charge in [-0.1, -0.05) is 23.4 Å². The predicted molar refractivity (Wildman–Crippen MR) is 85.5 cm³/mol. The zero-order valence-electron chi connectivity index (χ0n) is 12.6. The first-order valence-electron chi connectivity index (χ1n) is 6.99. The second-order valence-corrected chi connectivity index (χ2v) is 5.18. The van der Waals surface area contributed by atoms with Crippen LogP contribution in [0.5, 0.6) is 0 Å². The normalized spacial score (nSPS) is 13.3. The van der Waals surface area contributed by atoms with E-state index in [-0.39, 0.29) is 0 Å². The Kier molecular flexibility index (Phi) is 3.94. The van der Waals surface area contributed by atoms with Crippen LogP contribution in [0.25, 0.3) is 11.1 Å². The molecule has 1 aliphatic rings. The number of aromatic nitrogens is 1. The van der Waals surface area contributed by atoms with E-state index in [2.05, 4.69) is 23.1 Å². The molecule has 0 aliphatic carbocycles. The molecule has 6 heteroatoms. The van der Waals surface area contributed by atoms with Crippen LogP contribution in [0.1, 0.15) is 11.1 Å². The smallest absolute Gasteiger partial charge is 0.147 e. The van der Waals surface area contributed by atoms with Crippen LogP contribution in [0.4, 0.5) is 10.2 Å². The van der Waals surface area contributed by atoms with Crippen LogP contribution in [0.3, 0.4) is 0 Å². The monoisotopic (exact) mass is 309 g/mol. The Morgan fingerprint density at radius 1 is 1.43 bits per heavy atom. The number of pyridine rings is 1. The van der Waals surface area contributed by atoms with Gasteiger partial charge in [-0.15, -0.1) is 0 Å². The molecule has 0 saturated carbocycles. The highest BCUT2D eigenvalue weighted by Gasteiger charge is 2.26. The van der Waals surface area contributed by atoms with Crippen molar-refractivity contribution in [2.45, 2.75) is 0 Å². The minimum Gasteiger partial charge on any atom is -0.399 e. The van der Waals surface area contributed by atoms with E-state index in [0.717, 1.165) is 5.71 Å². The molecule has 115 valence electrons. The number of nitrogens with zero attached hydrogens (tertiary/aromatic N) is 4. The Balaban J connectivity index is 1.94. The van der Waals surface area contributed by atoms with Gasteiger partial charge in [0.25, 0.3) is 0 Å². The molecule has 0 spiro atoms. The number of hydrogen-bond acceptors (Lipinski definition) is 5. The number of benzene rings is 1. The summed E-state index contributed by atoms with van der Waals surface area (Å²) in [5, 5.41) is 13.2. The number of oxime groups is 1. The fourth-order valence-corrected chi connectivity index (χ4v) is 2.47. The molecule has 1 radical (unpaired) electrons. The first-order chi connectivity index (χ1) is 11.1. The van der Waals surface area contributed by atoms with Gasteiger partial charge in [0, 0.05) is 17.3 Å². The average Bonchev–Trinajstić information content (AvgIpc) is 2.53. The van der Waals surface area contributed by atoms with Gasteiger partial charge in [-0.3, -0.25) is 0 Å². The molecule has 2 aromatic rings. The Hall–Kier alpha value is -2.94. The summed E-state index contributed by atoms with van der Waals surface area (Å²) >= 11 is 0. The van der Waals surface area contributed by atoms with Crippen molar-refractivity contribution in [3.8, 4) is 17.2 Å². The van der Waals surface area contributed by atoms with Gasteiger partial charge in [-0.25, -0.2) is 9.37 Å². The molecule has 1 fully saturated rings. The third-order valence-electron chi connectivity index (χ3n) is 3.64. The van der Waals surface area contributed by atoms with E-state index in [1.54, 1.807) is 30.5 Å². The molecule has 0 N–H and O–H groups in total. The Labute approximate surface area is 133 Å². The van der Waals surface area contributed by atoms with Crippen molar-refractivity contribution in [1.29, 1.82) is 5.26 Å². The fourth-order valence-electron chi connectivity index (χ4n) is 2.47. The number of rotatable bonds is 3. The van der Waals surface area contributed by atoms with E-state index in [0.29, 0.717) is 41.2 Å². The van der Waals surface area contributed by atoms with E-state index in [4.69, 9.17) is 4.84 Å². The van der Waals surface area contributed by atoms with Crippen LogP contribution in [0.15, 0.2) is 35.6 Å². The third kappa shape index (κ3) is 2.73. The minimum atomic E-state index is -0.399. The molecule has 0 unspecified atom stereocenters. The molecular formula is C17H14FN4O. The highest BCUT2D eigenvalue weighted by molar-refractivity contribution is 5.99. The average molecular weight is 309 g/mol. The molecule has 5 nitrogen and oxygen atoms in total. The lowest BCUT2D eigenvalue weighted by atomic mass is 10.0. The molecule has 0 bridgehead atoms. The van der Waals surface area contributed by atoms with Crippen LogP contribution in [-0.2, 0) is 4.84 Å². The van der Waals surface area contributed by atoms with Gasteiger partial charge in [-0.2, -0.15) is 5.26 Å². The zero-order chi connectivity index (χ0) is 16.4. The van der Waals surface area contributed by atoms with Gasteiger partial charge in [-0.05, 0) is 18.6 Å². The van der Waals surface area contributed by atoms with E-state index in [1.807, 2.05) is 4.90 Å². The summed E-state index contributed by atoms with van der Waals surface area (Å²) in [6, 6.07) is 8.74. The summed E-state index contributed by atoms with van der Waals surface area (Å²) in [6.45, 7) is 4.78. The molecule has 3 rings (SSSR count). The molecule has 1 aromatic carbocycles. The third-order valence-corrected chi connectivity index (χ3v) is 3.64. The van der Waals surface area contributed by atoms with E-state index >= 15 is 0 Å². The van der Waals surface area contributed by atoms with Gasteiger partial charge in [0.05, 0.1) is 24.4 Å². The van der Waals surface area contributed by atoms with E-state index in [1.165, 1.54) is 7.11 Å². The van der Waals surface area contributed by atoms with E-state index in [9.17, 15) is 9.65 Å². The predicted octanol–water partition coefficient (Wildman–Crippen LogP) is 2.76. The lowest BCUT2D eigenvalue weighted by molar-refractivity contribution is 0.211. The van der Waals surface area contributed by atoms with Crippen molar-refractivity contribution in [1.82, 2.24) is 4.98 Å². The van der Waals surface area contributed by atoms with Crippen LogP contribution in [0.2, 0.25) is 0 Å². The van der Waals surface area contributed by atoms with Crippen LogP contribution < -0.4 is 4.90 Å². The minimum absolute atomic E-state index is 0.313. The Morgan fingerprint density at radius 2 is 2.22 bits per heavy atom. The van der Waals surface area contributed by atoms with Crippen LogP contribution in [-0.4, -0.2) is 30.9 Å². The van der Waals surface area contributed by atoms with Crippen molar-refractivity contribution in [2.75, 3.05) is 25.1 Å². The van der Waals surface area contributed by atoms with Crippen molar-refractivity contribution in [2.24, 2.45) is 5.16 Å². The van der Waals surface area contributed by atoms with Crippen molar-refractivity contribution in [3.05, 3.63) is 54.3 Å². The highest BCUT2D eigenvalue weighted by Crippen LogP contribution is 2.29. The molecule has 0 amide bonds. The molecule has 1 aromatic heterocycles. The second-order valence-electron chi connectivity index (χ2n) is 5.18. The first kappa shape index (κ1) is 15.0. The summed E-state index contributed by atoms with van der Waals surface area (Å²) in [7, 11) is 1.49. The number of halogens is 1. The largest absolute Gasteiger partial charge is 0.399 e. The van der Waals surface area contributed by atoms with Gasteiger partial charge < -0.3 is 9.74 Å². The quantitative estimate of drug-likeness (QED) is 0.818. The SMILES string of the molecule is [CH2]c1cccc(-c2cnc(N3CC(=NOC)C3)c(C#N)c2)c1F. The highest BCUT2D eigenvalue weighted by atomic mass is 19.1. The number of hydrogen-bond donors (Lipinski definition) is 0. The number of nitriles is 1. The fraction of sp³-hybridized carbons (Fsp3) is 0.176. The van der Waals surface area contributed by atoms with Gasteiger partial charge in [0.2, 0.25) is 0 Å². The lowest BCUT2D eigenvalue weighted by Gasteiger charge is -2.33. The lowest BCUT2D eigenvalue weighted by Crippen LogP contribution is -2.48. The molecule has 2 heterocycles. The maximum absolute atomic E-state index is 14.2. The molecule has 1 aliphatic heterocycles. The van der Waals surface area contributed by atoms with Gasteiger partial charge in [0.15, 0.2) is 0 Å². The number of anilines is 1. The maximum Gasteiger partial charge on any atom is 0.147 e. The van der Waals surface area contributed by atoms with E-state index < -0.39 is 5.82 Å². The summed E-state index contributed by atoms with van der Waals surface area (Å²) in [6.07, 6.45) is 1.57. The first-order valence-corrected chi connectivity index (χ1v) is 6.99. The van der Waals surface area contributed by atoms with Crippen LogP contribution >= 0.6 is 0 Å². The van der Waals surface area contributed by atoms with Crippen molar-refractivity contribution in [3.63, 3.8) is 0 Å². The second kappa shape index (κ2) is 6.05. The summed E-state index contributed by atoms with van der Waals surface area (Å²) < 4.78 is 14.2. The van der Waals surface area contributed by atoms with Gasteiger partial charge >= 0.3 is 0 Å². The summed E-state index contributed by atoms with van der Waals surface area (Å²) in [5.74, 6) is 0.168. The Morgan fingerprint density at radius 3 is 2.91 bits per heavy atom. The van der Waals surface area contributed by atoms with Crippen molar-refractivity contribution >= 4 is 11.5 Å². The van der Waals surface area contributed by atoms with Crippen LogP contribution in [0, 0.1) is 24.1 Å². The molecule has 23 heavy (non-hydrogen) atoms.